The van der Waals surface area contributed by atoms with Crippen molar-refractivity contribution < 1.29 is 18.3 Å². The van der Waals surface area contributed by atoms with Crippen LogP contribution in [0.1, 0.15) is 21.5 Å². The summed E-state index contributed by atoms with van der Waals surface area (Å²) < 4.78 is 32.5. The van der Waals surface area contributed by atoms with Crippen molar-refractivity contribution in [1.29, 1.82) is 0 Å². The van der Waals surface area contributed by atoms with E-state index >= 15 is 0 Å². The number of carbonyl (C=O) groups is 1. The van der Waals surface area contributed by atoms with Crippen LogP contribution in [0, 0.1) is 11.6 Å². The van der Waals surface area contributed by atoms with Gasteiger partial charge in [0.25, 0.3) is 5.91 Å². The number of nitrogens with two attached hydrogens (primary N) is 2. The molecule has 0 radical (unpaired) electrons. The fourth-order valence-electron chi connectivity index (χ4n) is 2.49. The molecule has 0 saturated carbocycles. The van der Waals surface area contributed by atoms with Crippen LogP contribution >= 0.6 is 0 Å². The van der Waals surface area contributed by atoms with Gasteiger partial charge in [0, 0.05) is 17.2 Å². The van der Waals surface area contributed by atoms with Crippen LogP contribution in [0.5, 0.6) is 5.75 Å². The molecule has 2 aromatic carbocycles. The second kappa shape index (κ2) is 6.11. The Hall–Kier alpha value is -3.22. The Morgan fingerprint density at radius 2 is 1.79 bits per heavy atom. The molecule has 5 nitrogen and oxygen atoms in total. The predicted molar refractivity (Wildman–Crippen MR) is 85.5 cm³/mol. The number of hydrogen-bond donors (Lipinski definition) is 2. The normalized spacial score (nSPS) is 12.7. The van der Waals surface area contributed by atoms with Crippen molar-refractivity contribution in [3.05, 3.63) is 70.8 Å². The zero-order valence-electron chi connectivity index (χ0n) is 12.4. The highest BCUT2D eigenvalue weighted by Crippen LogP contribution is 2.35. The number of aliphatic imine (C=N–C) groups is 1. The number of amides is 1. The summed E-state index contributed by atoms with van der Waals surface area (Å²) in [6.07, 6.45) is 1.69. The summed E-state index contributed by atoms with van der Waals surface area (Å²) in [7, 11) is 0. The Bertz CT molecular complexity index is 867. The van der Waals surface area contributed by atoms with Crippen LogP contribution < -0.4 is 16.2 Å². The number of carbonyl (C=O) groups excluding carboxylic acids is 1. The molecule has 3 rings (SSSR count). The van der Waals surface area contributed by atoms with Gasteiger partial charge in [0.05, 0.1) is 0 Å². The van der Waals surface area contributed by atoms with Crippen molar-refractivity contribution >= 4 is 17.4 Å². The Morgan fingerprint density at radius 1 is 1.08 bits per heavy atom. The Balaban J connectivity index is 2.09. The monoisotopic (exact) mass is 329 g/mol. The minimum absolute atomic E-state index is 0.232. The van der Waals surface area contributed by atoms with Gasteiger partial charge in [0.1, 0.15) is 24.0 Å². The molecule has 0 unspecified atom stereocenters. The van der Waals surface area contributed by atoms with E-state index in [-0.39, 0.29) is 18.1 Å². The number of nitrogens with zero attached hydrogens (tertiary/aromatic N) is 1. The first-order chi connectivity index (χ1) is 11.4. The van der Waals surface area contributed by atoms with E-state index in [2.05, 4.69) is 4.99 Å². The molecule has 24 heavy (non-hydrogen) atoms. The molecule has 7 heteroatoms. The number of rotatable bonds is 2. The lowest BCUT2D eigenvalue weighted by atomic mass is 9.93. The smallest absolute Gasteiger partial charge is 0.280 e. The van der Waals surface area contributed by atoms with Crippen molar-refractivity contribution in [3.8, 4) is 5.75 Å². The van der Waals surface area contributed by atoms with Gasteiger partial charge in [0.15, 0.2) is 5.96 Å². The molecule has 0 fully saturated rings. The van der Waals surface area contributed by atoms with Crippen LogP contribution in [0.15, 0.2) is 47.5 Å². The summed E-state index contributed by atoms with van der Waals surface area (Å²) in [6.45, 7) is 0.252. The van der Waals surface area contributed by atoms with Gasteiger partial charge in [-0.2, -0.15) is 4.99 Å². The molecule has 2 aromatic rings. The molecule has 1 aliphatic rings. The van der Waals surface area contributed by atoms with E-state index in [4.69, 9.17) is 16.2 Å². The third-order valence-electron chi connectivity index (χ3n) is 3.45. The van der Waals surface area contributed by atoms with Crippen LogP contribution in [0.4, 0.5) is 8.78 Å². The van der Waals surface area contributed by atoms with Crippen LogP contribution in [0.3, 0.4) is 0 Å². The summed E-state index contributed by atoms with van der Waals surface area (Å²) in [5.41, 5.74) is 12.1. The van der Waals surface area contributed by atoms with Gasteiger partial charge < -0.3 is 16.2 Å². The van der Waals surface area contributed by atoms with Crippen molar-refractivity contribution in [2.24, 2.45) is 16.5 Å². The van der Waals surface area contributed by atoms with Gasteiger partial charge in [-0.05, 0) is 47.5 Å². The molecule has 0 atom stereocenters. The number of benzene rings is 2. The van der Waals surface area contributed by atoms with E-state index in [9.17, 15) is 13.6 Å². The molecule has 0 spiro atoms. The topological polar surface area (TPSA) is 90.7 Å². The highest BCUT2D eigenvalue weighted by Gasteiger charge is 2.19. The maximum absolute atomic E-state index is 13.5. The van der Waals surface area contributed by atoms with Gasteiger partial charge in [-0.3, -0.25) is 4.79 Å². The lowest BCUT2D eigenvalue weighted by Gasteiger charge is -2.19. The Labute approximate surface area is 136 Å². The molecule has 0 aliphatic carbocycles. The quantitative estimate of drug-likeness (QED) is 0.653. The lowest BCUT2D eigenvalue weighted by Crippen LogP contribution is -2.24. The second-order valence-electron chi connectivity index (χ2n) is 5.14. The molecular weight excluding hydrogens is 316 g/mol. The average Bonchev–Trinajstić information content (AvgIpc) is 2.52. The summed E-state index contributed by atoms with van der Waals surface area (Å²) in [5.74, 6) is -1.85. The first-order valence-corrected chi connectivity index (χ1v) is 7.02. The highest BCUT2D eigenvalue weighted by molar-refractivity contribution is 6.03. The van der Waals surface area contributed by atoms with E-state index < -0.39 is 17.5 Å². The van der Waals surface area contributed by atoms with Gasteiger partial charge in [-0.25, -0.2) is 8.78 Å². The van der Waals surface area contributed by atoms with Crippen LogP contribution in [0.25, 0.3) is 5.57 Å². The van der Waals surface area contributed by atoms with Gasteiger partial charge in [-0.1, -0.05) is 0 Å². The number of halogens is 2. The van der Waals surface area contributed by atoms with Crippen LogP contribution in [0.2, 0.25) is 0 Å². The molecule has 0 saturated heterocycles. The van der Waals surface area contributed by atoms with E-state index in [0.29, 0.717) is 22.4 Å². The minimum atomic E-state index is -0.688. The number of guanidine groups is 1. The second-order valence-corrected chi connectivity index (χ2v) is 5.14. The molecule has 4 N–H and O–H groups in total. The van der Waals surface area contributed by atoms with E-state index in [1.54, 1.807) is 12.1 Å². The first kappa shape index (κ1) is 15.7. The van der Waals surface area contributed by atoms with Crippen LogP contribution in [-0.4, -0.2) is 18.5 Å². The van der Waals surface area contributed by atoms with Crippen molar-refractivity contribution in [1.82, 2.24) is 0 Å². The molecule has 0 aromatic heterocycles. The fourth-order valence-corrected chi connectivity index (χ4v) is 2.49. The summed E-state index contributed by atoms with van der Waals surface area (Å²) in [5, 5.41) is 0. The molecular formula is C17H13F2N3O2. The molecule has 1 amide bonds. The third-order valence-corrected chi connectivity index (χ3v) is 3.45. The summed E-state index contributed by atoms with van der Waals surface area (Å²) >= 11 is 0. The lowest BCUT2D eigenvalue weighted by molar-refractivity contribution is 0.100. The third kappa shape index (κ3) is 3.10. The summed E-state index contributed by atoms with van der Waals surface area (Å²) in [4.78, 5) is 15.4. The van der Waals surface area contributed by atoms with E-state index in [0.717, 1.165) is 6.07 Å². The van der Waals surface area contributed by atoms with Crippen molar-refractivity contribution in [3.63, 3.8) is 0 Å². The SMILES string of the molecule is NC(N)=NC(=O)c1ccc2c(c1)C(c1cc(F)cc(F)c1)=CCO2. The highest BCUT2D eigenvalue weighted by atomic mass is 19.1. The fraction of sp³-hybridized carbons (Fsp3) is 0.0588. The Kier molecular flexibility index (Phi) is 3.99. The number of fused-ring (bicyclic) bond motifs is 1. The number of ether oxygens (including phenoxy) is 1. The summed E-state index contributed by atoms with van der Waals surface area (Å²) in [6, 6.07) is 7.86. The maximum Gasteiger partial charge on any atom is 0.280 e. The van der Waals surface area contributed by atoms with Gasteiger partial charge in [-0.15, -0.1) is 0 Å². The predicted octanol–water partition coefficient (Wildman–Crippen LogP) is 2.20. The van der Waals surface area contributed by atoms with Gasteiger partial charge >= 0.3 is 0 Å². The van der Waals surface area contributed by atoms with E-state index in [1.165, 1.54) is 24.3 Å². The molecule has 1 aliphatic heterocycles. The van der Waals surface area contributed by atoms with Crippen LogP contribution in [-0.2, 0) is 0 Å². The Morgan fingerprint density at radius 3 is 2.46 bits per heavy atom. The average molecular weight is 329 g/mol. The largest absolute Gasteiger partial charge is 0.489 e. The first-order valence-electron chi connectivity index (χ1n) is 7.02. The van der Waals surface area contributed by atoms with E-state index in [1.807, 2.05) is 0 Å². The van der Waals surface area contributed by atoms with Crippen molar-refractivity contribution in [2.75, 3.05) is 6.61 Å². The molecule has 122 valence electrons. The van der Waals surface area contributed by atoms with Crippen molar-refractivity contribution in [2.45, 2.75) is 0 Å². The number of hydrogen-bond acceptors (Lipinski definition) is 2. The molecule has 0 bridgehead atoms. The minimum Gasteiger partial charge on any atom is -0.489 e. The zero-order chi connectivity index (χ0) is 17.3. The maximum atomic E-state index is 13.5. The van der Waals surface area contributed by atoms with Gasteiger partial charge in [0.2, 0.25) is 0 Å². The zero-order valence-corrected chi connectivity index (χ0v) is 12.4. The standard InChI is InChI=1S/C17H13F2N3O2/c18-11-5-10(6-12(19)8-11)13-3-4-24-15-2-1-9(7-14(13)15)16(23)22-17(20)21/h1-3,5-8H,4H2,(H4,20,21,22,23). The molecule has 1 heterocycles.